The van der Waals surface area contributed by atoms with Gasteiger partial charge in [-0.15, -0.1) is 11.6 Å². The van der Waals surface area contributed by atoms with Gasteiger partial charge in [0.25, 0.3) is 0 Å². The predicted octanol–water partition coefficient (Wildman–Crippen LogP) is -0.105. The van der Waals surface area contributed by atoms with Crippen molar-refractivity contribution in [2.45, 2.75) is 18.2 Å². The van der Waals surface area contributed by atoms with Crippen LogP contribution in [-0.2, 0) is 9.59 Å². The second-order valence-electron chi connectivity index (χ2n) is 1.74. The molecule has 0 radical (unpaired) electrons. The monoisotopic (exact) mass is 190 g/mol. The number of halogens is 1. The third-order valence-corrected chi connectivity index (χ3v) is 1.28. The molecular formula is C5H8ClNaO4. The molecule has 0 saturated heterocycles. The number of carboxylic acid groups (broad SMARTS) is 2. The van der Waals surface area contributed by atoms with Crippen molar-refractivity contribution in [3.05, 3.63) is 0 Å². The molecule has 0 bridgehead atoms. The summed E-state index contributed by atoms with van der Waals surface area (Å²) in [7, 11) is 0. The van der Waals surface area contributed by atoms with Gasteiger partial charge in [-0.2, -0.15) is 0 Å². The van der Waals surface area contributed by atoms with Gasteiger partial charge in [-0.1, -0.05) is 0 Å². The van der Waals surface area contributed by atoms with Crippen LogP contribution >= 0.6 is 11.6 Å². The molecule has 60 valence electrons. The Hall–Kier alpha value is 0.230. The minimum atomic E-state index is -1.18. The van der Waals surface area contributed by atoms with E-state index < -0.39 is 17.3 Å². The molecule has 0 spiro atoms. The molecule has 0 fully saturated rings. The van der Waals surface area contributed by atoms with Gasteiger partial charge in [0.15, 0.2) is 0 Å². The van der Waals surface area contributed by atoms with Crippen LogP contribution in [0.3, 0.4) is 0 Å². The van der Waals surface area contributed by atoms with Crippen molar-refractivity contribution < 1.29 is 19.8 Å². The zero-order chi connectivity index (χ0) is 8.15. The molecule has 0 aliphatic rings. The molecule has 0 amide bonds. The van der Waals surface area contributed by atoms with Crippen LogP contribution < -0.4 is 0 Å². The second kappa shape index (κ2) is 6.91. The van der Waals surface area contributed by atoms with Gasteiger partial charge < -0.3 is 10.2 Å². The molecule has 11 heavy (non-hydrogen) atoms. The summed E-state index contributed by atoms with van der Waals surface area (Å²) in [6.07, 6.45) is -0.243. The van der Waals surface area contributed by atoms with Crippen LogP contribution in [0, 0.1) is 0 Å². The van der Waals surface area contributed by atoms with Crippen LogP contribution in [0.5, 0.6) is 0 Å². The average molecular weight is 191 g/mol. The molecule has 4 nitrogen and oxygen atoms in total. The van der Waals surface area contributed by atoms with Crippen molar-refractivity contribution in [2.75, 3.05) is 0 Å². The predicted molar refractivity (Wildman–Crippen MR) is 41.3 cm³/mol. The molecule has 0 aliphatic carbocycles. The Balaban J connectivity index is 0. The fourth-order valence-corrected chi connectivity index (χ4v) is 0.483. The number of rotatable bonds is 4. The van der Waals surface area contributed by atoms with E-state index in [9.17, 15) is 9.59 Å². The molecule has 0 heterocycles. The Kier molecular flexibility index (Phi) is 8.67. The molecule has 0 aromatic rings. The van der Waals surface area contributed by atoms with Crippen LogP contribution in [0.2, 0.25) is 0 Å². The maximum atomic E-state index is 9.99. The summed E-state index contributed by atoms with van der Waals surface area (Å²) in [5, 5.41) is 15.2. The van der Waals surface area contributed by atoms with Gasteiger partial charge in [0.2, 0.25) is 0 Å². The summed E-state index contributed by atoms with van der Waals surface area (Å²) in [5.41, 5.74) is 0. The van der Waals surface area contributed by atoms with Gasteiger partial charge in [-0.3, -0.25) is 9.59 Å². The zero-order valence-corrected chi connectivity index (χ0v) is 5.84. The Bertz CT molecular complexity index is 149. The molecular weight excluding hydrogens is 182 g/mol. The van der Waals surface area contributed by atoms with Crippen LogP contribution in [0.4, 0.5) is 0 Å². The number of aliphatic carboxylic acids is 2. The first kappa shape index (κ1) is 13.8. The fourth-order valence-electron chi connectivity index (χ4n) is 0.374. The van der Waals surface area contributed by atoms with Crippen molar-refractivity contribution in [2.24, 2.45) is 0 Å². The molecule has 0 saturated carbocycles. The topological polar surface area (TPSA) is 74.6 Å². The summed E-state index contributed by atoms with van der Waals surface area (Å²) in [6, 6.07) is 0. The molecule has 6 heteroatoms. The Morgan fingerprint density at radius 3 is 2.09 bits per heavy atom. The van der Waals surface area contributed by atoms with E-state index in [4.69, 9.17) is 21.8 Å². The Labute approximate surface area is 90.8 Å². The van der Waals surface area contributed by atoms with Gasteiger partial charge in [-0.05, 0) is 6.42 Å². The molecule has 0 rings (SSSR count). The number of hydrogen-bond acceptors (Lipinski definition) is 2. The fraction of sp³-hybridized carbons (Fsp3) is 0.600. The van der Waals surface area contributed by atoms with Crippen molar-refractivity contribution in [1.82, 2.24) is 0 Å². The minimum absolute atomic E-state index is 0. The van der Waals surface area contributed by atoms with Crippen LogP contribution in [0.15, 0.2) is 0 Å². The molecule has 1 unspecified atom stereocenters. The van der Waals surface area contributed by atoms with Gasteiger partial charge >= 0.3 is 41.5 Å². The normalized spacial score (nSPS) is 11.4. The third kappa shape index (κ3) is 8.13. The number of hydrogen-bond donors (Lipinski definition) is 2. The van der Waals surface area contributed by atoms with Crippen LogP contribution in [-0.4, -0.2) is 57.1 Å². The quantitative estimate of drug-likeness (QED) is 0.479. The summed E-state index contributed by atoms with van der Waals surface area (Å²) >= 11 is 5.20. The molecule has 1 atom stereocenters. The van der Waals surface area contributed by atoms with E-state index >= 15 is 0 Å². The standard InChI is InChI=1S/C5H7ClO4.Na.H/c6-3(5(9)10)1-2-4(7)8;;/h3H,1-2H2,(H,7,8)(H,9,10);;. The summed E-state index contributed by atoms with van der Waals surface area (Å²) in [6.45, 7) is 0. The number of alkyl halides is 1. The van der Waals surface area contributed by atoms with E-state index in [1.807, 2.05) is 0 Å². The van der Waals surface area contributed by atoms with Gasteiger partial charge in [0, 0.05) is 6.42 Å². The van der Waals surface area contributed by atoms with Crippen molar-refractivity contribution >= 4 is 53.1 Å². The van der Waals surface area contributed by atoms with E-state index in [1.54, 1.807) is 0 Å². The maximum absolute atomic E-state index is 9.99. The average Bonchev–Trinajstić information content (AvgIpc) is 1.82. The number of carbonyl (C=O) groups is 2. The zero-order valence-electron chi connectivity index (χ0n) is 5.08. The second-order valence-corrected chi connectivity index (χ2v) is 2.27. The van der Waals surface area contributed by atoms with E-state index in [-0.39, 0.29) is 42.4 Å². The van der Waals surface area contributed by atoms with Gasteiger partial charge in [0.05, 0.1) is 0 Å². The summed E-state index contributed by atoms with van der Waals surface area (Å²) in [5.74, 6) is -2.21. The van der Waals surface area contributed by atoms with E-state index in [0.29, 0.717) is 0 Å². The van der Waals surface area contributed by atoms with E-state index in [1.165, 1.54) is 0 Å². The first-order valence-electron chi connectivity index (χ1n) is 2.62. The SMILES string of the molecule is O=C(O)CCC(Cl)C(=O)O.[NaH]. The Morgan fingerprint density at radius 1 is 1.36 bits per heavy atom. The molecule has 0 aliphatic heterocycles. The molecule has 0 aromatic heterocycles. The molecule has 2 N–H and O–H groups in total. The summed E-state index contributed by atoms with van der Waals surface area (Å²) < 4.78 is 0. The third-order valence-electron chi connectivity index (χ3n) is 0.880. The Morgan fingerprint density at radius 2 is 1.82 bits per heavy atom. The van der Waals surface area contributed by atoms with Crippen LogP contribution in [0.1, 0.15) is 12.8 Å². The first-order chi connectivity index (χ1) is 4.54. The van der Waals surface area contributed by atoms with Gasteiger partial charge in [-0.25, -0.2) is 0 Å². The van der Waals surface area contributed by atoms with Crippen molar-refractivity contribution in [3.8, 4) is 0 Å². The van der Waals surface area contributed by atoms with Crippen molar-refractivity contribution in [3.63, 3.8) is 0 Å². The number of carboxylic acids is 2. The molecule has 0 aromatic carbocycles. The van der Waals surface area contributed by atoms with Gasteiger partial charge in [0.1, 0.15) is 5.38 Å². The first-order valence-corrected chi connectivity index (χ1v) is 3.06. The van der Waals surface area contributed by atoms with E-state index in [0.717, 1.165) is 0 Å². The van der Waals surface area contributed by atoms with E-state index in [2.05, 4.69) is 0 Å². The summed E-state index contributed by atoms with van der Waals surface area (Å²) in [4.78, 5) is 19.9. The van der Waals surface area contributed by atoms with Crippen LogP contribution in [0.25, 0.3) is 0 Å². The van der Waals surface area contributed by atoms with Crippen molar-refractivity contribution in [1.29, 1.82) is 0 Å².